The predicted molar refractivity (Wildman–Crippen MR) is 119 cm³/mol. The first kappa shape index (κ1) is 24.9. The van der Waals surface area contributed by atoms with E-state index in [-0.39, 0.29) is 43.6 Å². The van der Waals surface area contributed by atoms with Gasteiger partial charge in [-0.15, -0.1) is 0 Å². The third-order valence-electron chi connectivity index (χ3n) is 5.71. The Hall–Kier alpha value is -3.74. The highest BCUT2D eigenvalue weighted by Crippen LogP contribution is 2.35. The average molecular weight is 474 g/mol. The molecule has 3 rings (SSSR count). The Morgan fingerprint density at radius 1 is 1.18 bits per heavy atom. The van der Waals surface area contributed by atoms with Gasteiger partial charge in [0.1, 0.15) is 11.8 Å². The minimum Gasteiger partial charge on any atom is -0.497 e. The van der Waals surface area contributed by atoms with Gasteiger partial charge in [0.15, 0.2) is 0 Å². The summed E-state index contributed by atoms with van der Waals surface area (Å²) in [5, 5.41) is 9.04. The number of nitrogens with zero attached hydrogens (tertiary/aromatic N) is 4. The van der Waals surface area contributed by atoms with Crippen LogP contribution in [0.5, 0.6) is 5.75 Å². The van der Waals surface area contributed by atoms with Crippen LogP contribution < -0.4 is 9.64 Å². The Morgan fingerprint density at radius 2 is 1.91 bits per heavy atom. The fraction of sp³-hybridized carbons (Fsp3) is 0.375. The molecule has 0 aliphatic carbocycles. The zero-order chi connectivity index (χ0) is 25.0. The van der Waals surface area contributed by atoms with E-state index in [0.717, 1.165) is 17.7 Å². The lowest BCUT2D eigenvalue weighted by Crippen LogP contribution is -2.60. The van der Waals surface area contributed by atoms with Gasteiger partial charge in [-0.1, -0.05) is 12.1 Å². The second kappa shape index (κ2) is 10.0. The number of hydrogen-bond acceptors (Lipinski definition) is 5. The highest BCUT2D eigenvalue weighted by Gasteiger charge is 2.38. The molecule has 1 atom stereocenters. The summed E-state index contributed by atoms with van der Waals surface area (Å²) < 4.78 is 45.5. The maximum Gasteiger partial charge on any atom is 0.417 e. The summed E-state index contributed by atoms with van der Waals surface area (Å²) in [6, 6.07) is 11.2. The Morgan fingerprint density at radius 3 is 2.53 bits per heavy atom. The second-order valence-electron chi connectivity index (χ2n) is 8.15. The van der Waals surface area contributed by atoms with E-state index < -0.39 is 23.3 Å². The van der Waals surface area contributed by atoms with Crippen LogP contribution in [0, 0.1) is 11.3 Å². The number of carbonyl (C=O) groups is 2. The smallest absolute Gasteiger partial charge is 0.417 e. The normalized spacial score (nSPS) is 16.1. The van der Waals surface area contributed by atoms with Crippen molar-refractivity contribution in [3.63, 3.8) is 0 Å². The third-order valence-corrected chi connectivity index (χ3v) is 5.71. The molecule has 2 aromatic rings. The summed E-state index contributed by atoms with van der Waals surface area (Å²) >= 11 is 0. The molecular weight excluding hydrogens is 449 g/mol. The number of alkyl halides is 3. The minimum atomic E-state index is -4.69. The van der Waals surface area contributed by atoms with Gasteiger partial charge in [-0.3, -0.25) is 9.59 Å². The molecular formula is C24H25F3N4O3. The lowest BCUT2D eigenvalue weighted by Gasteiger charge is -2.42. The number of rotatable bonds is 5. The summed E-state index contributed by atoms with van der Waals surface area (Å²) in [7, 11) is 4.66. The monoisotopic (exact) mass is 474 g/mol. The van der Waals surface area contributed by atoms with Crippen molar-refractivity contribution in [2.75, 3.05) is 45.7 Å². The van der Waals surface area contributed by atoms with Gasteiger partial charge in [0.05, 0.1) is 30.7 Å². The van der Waals surface area contributed by atoms with Crippen molar-refractivity contribution >= 4 is 17.5 Å². The molecule has 34 heavy (non-hydrogen) atoms. The lowest BCUT2D eigenvalue weighted by molar-refractivity contribution is -0.144. The van der Waals surface area contributed by atoms with Crippen LogP contribution in [0.15, 0.2) is 42.5 Å². The van der Waals surface area contributed by atoms with Crippen molar-refractivity contribution < 1.29 is 27.5 Å². The zero-order valence-electron chi connectivity index (χ0n) is 19.1. The fourth-order valence-corrected chi connectivity index (χ4v) is 3.94. The summed E-state index contributed by atoms with van der Waals surface area (Å²) in [4.78, 5) is 30.5. The maximum absolute atomic E-state index is 13.4. The van der Waals surface area contributed by atoms with Crippen LogP contribution >= 0.6 is 0 Å². The first-order valence-electron chi connectivity index (χ1n) is 10.5. The van der Waals surface area contributed by atoms with Crippen LogP contribution in [0.25, 0.3) is 0 Å². The number of hydrogen-bond donors (Lipinski definition) is 0. The molecule has 0 radical (unpaired) electrons. The molecule has 10 heteroatoms. The number of benzene rings is 2. The van der Waals surface area contributed by atoms with E-state index in [0.29, 0.717) is 5.75 Å². The highest BCUT2D eigenvalue weighted by atomic mass is 19.4. The number of carbonyl (C=O) groups excluding carboxylic acids is 2. The van der Waals surface area contributed by atoms with E-state index in [4.69, 9.17) is 10.00 Å². The van der Waals surface area contributed by atoms with E-state index >= 15 is 0 Å². The molecule has 0 saturated carbocycles. The number of ether oxygens (including phenoxy) is 1. The lowest BCUT2D eigenvalue weighted by atomic mass is 10.0. The van der Waals surface area contributed by atoms with Crippen molar-refractivity contribution in [1.82, 2.24) is 9.80 Å². The SMILES string of the molecule is COc1cccc(CC(=O)N2CCN(c3ccc(C#N)c(C(F)(F)F)c3)CC2C(=O)N(C)C)c1. The van der Waals surface area contributed by atoms with Gasteiger partial charge in [-0.2, -0.15) is 18.4 Å². The van der Waals surface area contributed by atoms with Gasteiger partial charge in [-0.05, 0) is 35.9 Å². The third kappa shape index (κ3) is 5.42. The number of anilines is 1. The average Bonchev–Trinajstić information content (AvgIpc) is 2.82. The summed E-state index contributed by atoms with van der Waals surface area (Å²) in [6.07, 6.45) is -4.63. The Balaban J connectivity index is 1.86. The van der Waals surface area contributed by atoms with Crippen molar-refractivity contribution in [3.05, 3.63) is 59.2 Å². The zero-order valence-corrected chi connectivity index (χ0v) is 19.1. The van der Waals surface area contributed by atoms with Crippen molar-refractivity contribution in [1.29, 1.82) is 5.26 Å². The molecule has 2 aromatic carbocycles. The molecule has 1 aliphatic heterocycles. The number of nitriles is 1. The molecule has 0 bridgehead atoms. The number of piperazine rings is 1. The van der Waals surface area contributed by atoms with Gasteiger partial charge < -0.3 is 19.4 Å². The van der Waals surface area contributed by atoms with E-state index in [1.165, 1.54) is 23.0 Å². The molecule has 0 spiro atoms. The van der Waals surface area contributed by atoms with Gasteiger partial charge >= 0.3 is 6.18 Å². The largest absolute Gasteiger partial charge is 0.497 e. The van der Waals surface area contributed by atoms with Crippen LogP contribution in [0.4, 0.5) is 18.9 Å². The molecule has 1 heterocycles. The summed E-state index contributed by atoms with van der Waals surface area (Å²) in [5.74, 6) is 0.0228. The van der Waals surface area contributed by atoms with Crippen molar-refractivity contribution in [2.45, 2.75) is 18.6 Å². The fourth-order valence-electron chi connectivity index (χ4n) is 3.94. The molecule has 2 amide bonds. The standard InChI is InChI=1S/C24H25F3N4O3/c1-29(2)23(33)21-15-30(18-8-7-17(14-28)20(13-18)24(25,26)27)9-10-31(21)22(32)12-16-5-4-6-19(11-16)34-3/h4-8,11,13,21H,9-10,12,15H2,1-3H3. The van der Waals surface area contributed by atoms with Crippen LogP contribution in [-0.4, -0.2) is 68.5 Å². The van der Waals surface area contributed by atoms with E-state index in [1.54, 1.807) is 49.3 Å². The first-order chi connectivity index (χ1) is 16.0. The van der Waals surface area contributed by atoms with Crippen LogP contribution in [0.2, 0.25) is 0 Å². The Bertz CT molecular complexity index is 1110. The molecule has 1 aliphatic rings. The molecule has 7 nitrogen and oxygen atoms in total. The quantitative estimate of drug-likeness (QED) is 0.666. The van der Waals surface area contributed by atoms with Crippen LogP contribution in [0.1, 0.15) is 16.7 Å². The van der Waals surface area contributed by atoms with E-state index in [2.05, 4.69) is 0 Å². The number of amides is 2. The van der Waals surface area contributed by atoms with Gasteiger partial charge in [0.2, 0.25) is 11.8 Å². The van der Waals surface area contributed by atoms with Crippen molar-refractivity contribution in [3.8, 4) is 11.8 Å². The van der Waals surface area contributed by atoms with Crippen LogP contribution in [0.3, 0.4) is 0 Å². The predicted octanol–water partition coefficient (Wildman–Crippen LogP) is 2.93. The topological polar surface area (TPSA) is 76.9 Å². The van der Waals surface area contributed by atoms with Gasteiger partial charge in [-0.25, -0.2) is 0 Å². The molecule has 1 saturated heterocycles. The van der Waals surface area contributed by atoms with Gasteiger partial charge in [0.25, 0.3) is 0 Å². The van der Waals surface area contributed by atoms with Crippen LogP contribution in [-0.2, 0) is 22.2 Å². The molecule has 1 unspecified atom stereocenters. The molecule has 0 aromatic heterocycles. The van der Waals surface area contributed by atoms with Gasteiger partial charge in [0, 0.05) is 39.4 Å². The number of likely N-dealkylation sites (N-methyl/N-ethyl adjacent to an activating group) is 1. The number of methoxy groups -OCH3 is 1. The maximum atomic E-state index is 13.4. The Kier molecular flexibility index (Phi) is 7.35. The molecule has 1 fully saturated rings. The van der Waals surface area contributed by atoms with Crippen molar-refractivity contribution in [2.24, 2.45) is 0 Å². The number of halogens is 3. The first-order valence-corrected chi connectivity index (χ1v) is 10.5. The van der Waals surface area contributed by atoms with E-state index in [9.17, 15) is 22.8 Å². The highest BCUT2D eigenvalue weighted by molar-refractivity contribution is 5.89. The minimum absolute atomic E-state index is 0.0318. The molecule has 0 N–H and O–H groups in total. The Labute approximate surface area is 195 Å². The van der Waals surface area contributed by atoms with E-state index in [1.807, 2.05) is 0 Å². The summed E-state index contributed by atoms with van der Waals surface area (Å²) in [5.41, 5.74) is -0.531. The molecule has 180 valence electrons. The summed E-state index contributed by atoms with van der Waals surface area (Å²) in [6.45, 7) is 0.433. The second-order valence-corrected chi connectivity index (χ2v) is 8.15.